The lowest BCUT2D eigenvalue weighted by Gasteiger charge is -2.15. The van der Waals surface area contributed by atoms with Gasteiger partial charge in [-0.1, -0.05) is 308 Å². The topological polar surface area (TPSA) is 72.8 Å². The van der Waals surface area contributed by atoms with E-state index >= 15 is 0 Å². The summed E-state index contributed by atoms with van der Waals surface area (Å²) in [5.41, 5.74) is 0. The Labute approximate surface area is 419 Å². The molecule has 0 aromatic rings. The molecule has 0 aliphatic rings. The zero-order valence-corrected chi connectivity index (χ0v) is 45.4. The van der Waals surface area contributed by atoms with E-state index < -0.39 is 6.10 Å². The highest BCUT2D eigenvalue weighted by molar-refractivity contribution is 5.70. The van der Waals surface area contributed by atoms with E-state index in [1.54, 1.807) is 0 Å². The smallest absolute Gasteiger partial charge is 0.306 e. The number of hydrogen-bond acceptors (Lipinski definition) is 5. The average molecular weight is 944 g/mol. The quantitative estimate of drug-likeness (QED) is 0.0374. The Morgan fingerprint density at radius 2 is 0.597 bits per heavy atom. The fraction of sp³-hybridized carbons (Fsp3) is 0.903. The molecule has 0 aromatic heterocycles. The Bertz CT molecular complexity index is 1020. The van der Waals surface area contributed by atoms with Crippen molar-refractivity contribution < 1.29 is 24.2 Å². The first-order valence-electron chi connectivity index (χ1n) is 30.4. The third-order valence-corrected chi connectivity index (χ3v) is 14.0. The van der Waals surface area contributed by atoms with Crippen LogP contribution in [0.1, 0.15) is 341 Å². The van der Waals surface area contributed by atoms with Crippen LogP contribution in [0, 0.1) is 0 Å². The Morgan fingerprint density at radius 3 is 0.881 bits per heavy atom. The van der Waals surface area contributed by atoms with Gasteiger partial charge >= 0.3 is 11.9 Å². The predicted octanol–water partition coefficient (Wildman–Crippen LogP) is 20.5. The van der Waals surface area contributed by atoms with E-state index in [-0.39, 0.29) is 25.2 Å². The third kappa shape index (κ3) is 56.9. The van der Waals surface area contributed by atoms with Gasteiger partial charge in [-0.3, -0.25) is 9.59 Å². The lowest BCUT2D eigenvalue weighted by molar-refractivity contribution is -0.161. The number of aliphatic hydroxyl groups is 1. The summed E-state index contributed by atoms with van der Waals surface area (Å²) in [5, 5.41) is 9.65. The molecule has 1 atom stereocenters. The number of esters is 2. The number of allylic oxidation sites excluding steroid dienone is 4. The Balaban J connectivity index is 3.38. The number of unbranched alkanes of at least 4 members (excludes halogenated alkanes) is 45. The molecule has 396 valence electrons. The molecule has 0 spiro atoms. The van der Waals surface area contributed by atoms with Crippen LogP contribution in [0.15, 0.2) is 24.3 Å². The van der Waals surface area contributed by atoms with Crippen molar-refractivity contribution in [1.82, 2.24) is 0 Å². The first-order valence-corrected chi connectivity index (χ1v) is 30.4. The van der Waals surface area contributed by atoms with Crippen LogP contribution in [0.25, 0.3) is 0 Å². The molecule has 67 heavy (non-hydrogen) atoms. The molecule has 0 radical (unpaired) electrons. The van der Waals surface area contributed by atoms with Crippen LogP contribution in [0.4, 0.5) is 0 Å². The summed E-state index contributed by atoms with van der Waals surface area (Å²) in [6.07, 6.45) is 74.7. The standard InChI is InChI=1S/C62H118O5/c1-3-5-7-9-11-13-15-17-19-21-23-24-25-26-27-28-29-30-31-32-33-34-35-36-37-38-39-41-43-45-47-49-51-53-55-57-62(65)67-60(58-63)59-66-61(64)56-54-52-50-48-46-44-42-40-22-20-18-16-14-12-10-8-6-4-2/h15,17,21,23,60,63H,3-14,16,18-20,22,24-59H2,1-2H3/b17-15-,23-21-. The monoisotopic (exact) mass is 943 g/mol. The molecular formula is C62H118O5. The fourth-order valence-corrected chi connectivity index (χ4v) is 9.41. The van der Waals surface area contributed by atoms with Crippen LogP contribution < -0.4 is 0 Å². The van der Waals surface area contributed by atoms with Gasteiger partial charge in [-0.15, -0.1) is 0 Å². The van der Waals surface area contributed by atoms with Crippen LogP contribution in [-0.2, 0) is 19.1 Å². The molecule has 0 rings (SSSR count). The SMILES string of the molecule is CCCCCCC/C=C\C/C=C\CCCCCCCCCCCCCCCCCCCCCCCCCC(=O)OC(CO)COC(=O)CCCCCCCCCCCCCCCCCCCC. The van der Waals surface area contributed by atoms with Gasteiger partial charge in [0.05, 0.1) is 6.61 Å². The highest BCUT2D eigenvalue weighted by atomic mass is 16.6. The van der Waals surface area contributed by atoms with E-state index in [4.69, 9.17) is 9.47 Å². The lowest BCUT2D eigenvalue weighted by atomic mass is 10.0. The van der Waals surface area contributed by atoms with Crippen molar-refractivity contribution in [3.05, 3.63) is 24.3 Å². The van der Waals surface area contributed by atoms with Gasteiger partial charge in [0.2, 0.25) is 0 Å². The lowest BCUT2D eigenvalue weighted by Crippen LogP contribution is -2.28. The van der Waals surface area contributed by atoms with Crippen molar-refractivity contribution in [1.29, 1.82) is 0 Å². The molecule has 0 heterocycles. The van der Waals surface area contributed by atoms with E-state index in [1.807, 2.05) is 0 Å². The minimum Gasteiger partial charge on any atom is -0.462 e. The summed E-state index contributed by atoms with van der Waals surface area (Å²) in [6.45, 7) is 4.19. The molecule has 0 bridgehead atoms. The Hall–Kier alpha value is -1.62. The maximum absolute atomic E-state index is 12.3. The summed E-state index contributed by atoms with van der Waals surface area (Å²) in [5.74, 6) is -0.567. The van der Waals surface area contributed by atoms with E-state index in [0.29, 0.717) is 12.8 Å². The first-order chi connectivity index (χ1) is 33.1. The van der Waals surface area contributed by atoms with Gasteiger partial charge in [0.15, 0.2) is 6.10 Å². The molecule has 0 aliphatic heterocycles. The largest absolute Gasteiger partial charge is 0.462 e. The van der Waals surface area contributed by atoms with Crippen molar-refractivity contribution in [2.75, 3.05) is 13.2 Å². The number of carbonyl (C=O) groups is 2. The molecule has 1 N–H and O–H groups in total. The van der Waals surface area contributed by atoms with Gasteiger partial charge in [-0.25, -0.2) is 0 Å². The summed E-state index contributed by atoms with van der Waals surface area (Å²) in [4.78, 5) is 24.5. The fourth-order valence-electron chi connectivity index (χ4n) is 9.41. The van der Waals surface area contributed by atoms with Crippen molar-refractivity contribution in [2.45, 2.75) is 347 Å². The Morgan fingerprint density at radius 1 is 0.343 bits per heavy atom. The minimum absolute atomic E-state index is 0.0577. The molecule has 0 aromatic carbocycles. The average Bonchev–Trinajstić information content (AvgIpc) is 3.33. The van der Waals surface area contributed by atoms with Crippen molar-refractivity contribution in [2.24, 2.45) is 0 Å². The highest BCUT2D eigenvalue weighted by Crippen LogP contribution is 2.18. The number of carbonyl (C=O) groups excluding carboxylic acids is 2. The second-order valence-electron chi connectivity index (χ2n) is 20.8. The van der Waals surface area contributed by atoms with E-state index in [0.717, 1.165) is 38.5 Å². The van der Waals surface area contributed by atoms with Gasteiger partial charge in [-0.05, 0) is 44.9 Å². The van der Waals surface area contributed by atoms with Crippen LogP contribution in [0.2, 0.25) is 0 Å². The molecule has 0 amide bonds. The second-order valence-corrected chi connectivity index (χ2v) is 20.8. The number of hydrogen-bond donors (Lipinski definition) is 1. The molecule has 5 heteroatoms. The summed E-state index contributed by atoms with van der Waals surface area (Å²) in [7, 11) is 0. The summed E-state index contributed by atoms with van der Waals surface area (Å²) >= 11 is 0. The van der Waals surface area contributed by atoms with Crippen molar-refractivity contribution in [3.8, 4) is 0 Å². The van der Waals surface area contributed by atoms with Crippen LogP contribution in [0.5, 0.6) is 0 Å². The maximum Gasteiger partial charge on any atom is 0.306 e. The molecule has 0 saturated heterocycles. The molecule has 1 unspecified atom stereocenters. The summed E-state index contributed by atoms with van der Waals surface area (Å²) in [6, 6.07) is 0. The van der Waals surface area contributed by atoms with Gasteiger partial charge in [0.25, 0.3) is 0 Å². The van der Waals surface area contributed by atoms with Gasteiger partial charge in [0.1, 0.15) is 6.61 Å². The van der Waals surface area contributed by atoms with E-state index in [9.17, 15) is 14.7 Å². The minimum atomic E-state index is -0.766. The first kappa shape index (κ1) is 65.4. The predicted molar refractivity (Wildman–Crippen MR) is 293 cm³/mol. The highest BCUT2D eigenvalue weighted by Gasteiger charge is 2.16. The molecule has 0 fully saturated rings. The van der Waals surface area contributed by atoms with Crippen molar-refractivity contribution >= 4 is 11.9 Å². The van der Waals surface area contributed by atoms with E-state index in [2.05, 4.69) is 38.2 Å². The summed E-state index contributed by atoms with van der Waals surface area (Å²) < 4.78 is 10.7. The van der Waals surface area contributed by atoms with Crippen molar-refractivity contribution in [3.63, 3.8) is 0 Å². The third-order valence-electron chi connectivity index (χ3n) is 14.0. The maximum atomic E-state index is 12.3. The van der Waals surface area contributed by atoms with Gasteiger partial charge in [-0.2, -0.15) is 0 Å². The number of ether oxygens (including phenoxy) is 2. The molecular weight excluding hydrogens is 825 g/mol. The number of aliphatic hydroxyl groups excluding tert-OH is 1. The normalized spacial score (nSPS) is 12.2. The zero-order chi connectivity index (χ0) is 48.5. The Kier molecular flexibility index (Phi) is 57.3. The molecule has 5 nitrogen and oxygen atoms in total. The van der Waals surface area contributed by atoms with E-state index in [1.165, 1.54) is 276 Å². The van der Waals surface area contributed by atoms with Gasteiger partial charge in [0, 0.05) is 12.8 Å². The zero-order valence-electron chi connectivity index (χ0n) is 45.4. The number of rotatable bonds is 57. The molecule has 0 aliphatic carbocycles. The van der Waals surface area contributed by atoms with Crippen LogP contribution in [-0.4, -0.2) is 36.4 Å². The van der Waals surface area contributed by atoms with Crippen LogP contribution >= 0.6 is 0 Å². The van der Waals surface area contributed by atoms with Gasteiger partial charge < -0.3 is 14.6 Å². The van der Waals surface area contributed by atoms with Crippen LogP contribution in [0.3, 0.4) is 0 Å². The molecule has 0 saturated carbocycles. The second kappa shape index (κ2) is 58.7.